The van der Waals surface area contributed by atoms with Gasteiger partial charge in [0.2, 0.25) is 0 Å². The van der Waals surface area contributed by atoms with Gasteiger partial charge in [0.25, 0.3) is 0 Å². The summed E-state index contributed by atoms with van der Waals surface area (Å²) in [5.41, 5.74) is 0. The fraction of sp³-hybridized carbons (Fsp3) is 0.889. The lowest BCUT2D eigenvalue weighted by atomic mass is 10.1. The molecule has 0 radical (unpaired) electrons. The monoisotopic (exact) mass is 154 g/mol. The molecule has 1 atom stereocenters. The van der Waals surface area contributed by atoms with E-state index in [4.69, 9.17) is 5.26 Å². The molecule has 0 bridgehead atoms. The fourth-order valence-electron chi connectivity index (χ4n) is 1.18. The van der Waals surface area contributed by atoms with Crippen molar-refractivity contribution in [3.05, 3.63) is 0 Å². The molecule has 0 aromatic heterocycles. The average Bonchev–Trinajstić information content (AvgIpc) is 2.01. The second kappa shape index (κ2) is 7.40. The normalized spacial score (nSPS) is 12.1. The molecule has 0 aliphatic carbocycles. The summed E-state index contributed by atoms with van der Waals surface area (Å²) in [5.74, 6) is 0. The van der Waals surface area contributed by atoms with Crippen LogP contribution < -0.4 is 5.32 Å². The highest BCUT2D eigenvalue weighted by atomic mass is 14.9. The van der Waals surface area contributed by atoms with Crippen molar-refractivity contribution in [2.24, 2.45) is 0 Å². The minimum absolute atomic E-state index is 0.421. The van der Waals surface area contributed by atoms with E-state index in [1.165, 1.54) is 12.8 Å². The van der Waals surface area contributed by atoms with E-state index in [9.17, 15) is 0 Å². The number of hydrogen-bond acceptors (Lipinski definition) is 2. The largest absolute Gasteiger partial charge is 0.321 e. The Morgan fingerprint density at radius 1 is 1.27 bits per heavy atom. The lowest BCUT2D eigenvalue weighted by Gasteiger charge is -2.12. The molecule has 0 fully saturated rings. The van der Waals surface area contributed by atoms with E-state index in [1.54, 1.807) is 0 Å². The number of unbranched alkanes of at least 4 members (excludes halogenated alkanes) is 1. The molecule has 0 spiro atoms. The summed E-state index contributed by atoms with van der Waals surface area (Å²) < 4.78 is 0. The van der Waals surface area contributed by atoms with E-state index in [-0.39, 0.29) is 0 Å². The van der Waals surface area contributed by atoms with Crippen LogP contribution in [0.2, 0.25) is 0 Å². The van der Waals surface area contributed by atoms with Gasteiger partial charge in [-0.15, -0.1) is 0 Å². The van der Waals surface area contributed by atoms with Gasteiger partial charge in [0, 0.05) is 6.04 Å². The highest BCUT2D eigenvalue weighted by Gasteiger charge is 2.03. The highest BCUT2D eigenvalue weighted by Crippen LogP contribution is 2.05. The average molecular weight is 154 g/mol. The third-order valence-corrected chi connectivity index (χ3v) is 1.81. The number of nitriles is 1. The van der Waals surface area contributed by atoms with Crippen LogP contribution in [0, 0.1) is 11.5 Å². The maximum Gasteiger partial charge on any atom is 0.176 e. The zero-order valence-electron chi connectivity index (χ0n) is 7.56. The molecular weight excluding hydrogens is 136 g/mol. The summed E-state index contributed by atoms with van der Waals surface area (Å²) in [4.78, 5) is 0. The topological polar surface area (TPSA) is 35.8 Å². The Kier molecular flexibility index (Phi) is 6.92. The molecule has 2 heteroatoms. The van der Waals surface area contributed by atoms with Crippen molar-refractivity contribution in [2.75, 3.05) is 0 Å². The first-order valence-electron chi connectivity index (χ1n) is 4.49. The zero-order chi connectivity index (χ0) is 8.53. The van der Waals surface area contributed by atoms with Crippen molar-refractivity contribution in [1.29, 1.82) is 5.26 Å². The van der Waals surface area contributed by atoms with E-state index in [2.05, 4.69) is 19.2 Å². The first-order chi connectivity index (χ1) is 5.35. The summed E-state index contributed by atoms with van der Waals surface area (Å²) >= 11 is 0. The van der Waals surface area contributed by atoms with Gasteiger partial charge in [0.05, 0.1) is 0 Å². The maximum atomic E-state index is 8.40. The molecular formula is C9H18N2. The second-order valence-electron chi connectivity index (χ2n) is 2.88. The van der Waals surface area contributed by atoms with Crippen molar-refractivity contribution in [2.45, 2.75) is 52.0 Å². The Balaban J connectivity index is 3.44. The van der Waals surface area contributed by atoms with Gasteiger partial charge < -0.3 is 5.32 Å². The highest BCUT2D eigenvalue weighted by molar-refractivity contribution is 4.75. The molecule has 0 heterocycles. The Hall–Kier alpha value is -0.710. The van der Waals surface area contributed by atoms with Crippen LogP contribution in [-0.4, -0.2) is 6.04 Å². The fourth-order valence-corrected chi connectivity index (χ4v) is 1.18. The maximum absolute atomic E-state index is 8.40. The molecule has 64 valence electrons. The van der Waals surface area contributed by atoms with Gasteiger partial charge in [0.15, 0.2) is 6.19 Å². The predicted octanol–water partition coefficient (Wildman–Crippen LogP) is 2.42. The van der Waals surface area contributed by atoms with Crippen molar-refractivity contribution < 1.29 is 0 Å². The van der Waals surface area contributed by atoms with Crippen LogP contribution in [0.15, 0.2) is 0 Å². The summed E-state index contributed by atoms with van der Waals surface area (Å²) in [6.45, 7) is 4.33. The molecule has 0 aliphatic heterocycles. The van der Waals surface area contributed by atoms with Gasteiger partial charge >= 0.3 is 0 Å². The van der Waals surface area contributed by atoms with Crippen LogP contribution in [0.25, 0.3) is 0 Å². The second-order valence-corrected chi connectivity index (χ2v) is 2.88. The minimum Gasteiger partial charge on any atom is -0.321 e. The van der Waals surface area contributed by atoms with E-state index in [0.717, 1.165) is 19.3 Å². The van der Waals surface area contributed by atoms with Crippen molar-refractivity contribution >= 4 is 0 Å². The molecule has 2 nitrogen and oxygen atoms in total. The first kappa shape index (κ1) is 10.3. The van der Waals surface area contributed by atoms with Crippen LogP contribution in [0.1, 0.15) is 46.0 Å². The lowest BCUT2D eigenvalue weighted by Crippen LogP contribution is -2.24. The molecule has 0 aromatic rings. The predicted molar refractivity (Wildman–Crippen MR) is 47.0 cm³/mol. The number of nitrogens with one attached hydrogen (secondary N) is 1. The van der Waals surface area contributed by atoms with E-state index in [1.807, 2.05) is 6.19 Å². The lowest BCUT2D eigenvalue weighted by molar-refractivity contribution is 0.487. The third kappa shape index (κ3) is 5.72. The molecule has 0 saturated heterocycles. The molecule has 0 aliphatic rings. The van der Waals surface area contributed by atoms with Gasteiger partial charge in [-0.05, 0) is 12.8 Å². The SMILES string of the molecule is CCCCC(CCC)NC#N. The smallest absolute Gasteiger partial charge is 0.176 e. The minimum atomic E-state index is 0.421. The van der Waals surface area contributed by atoms with Gasteiger partial charge in [-0.3, -0.25) is 0 Å². The Morgan fingerprint density at radius 3 is 2.45 bits per heavy atom. The van der Waals surface area contributed by atoms with E-state index in [0.29, 0.717) is 6.04 Å². The molecule has 11 heavy (non-hydrogen) atoms. The van der Waals surface area contributed by atoms with Gasteiger partial charge in [0.1, 0.15) is 0 Å². The Morgan fingerprint density at radius 2 is 2.00 bits per heavy atom. The number of rotatable bonds is 6. The van der Waals surface area contributed by atoms with Crippen molar-refractivity contribution in [3.63, 3.8) is 0 Å². The third-order valence-electron chi connectivity index (χ3n) is 1.81. The van der Waals surface area contributed by atoms with Crippen LogP contribution >= 0.6 is 0 Å². The molecule has 1 unspecified atom stereocenters. The standard InChI is InChI=1S/C9H18N2/c1-3-5-7-9(6-4-2)11-8-10/h9,11H,3-7H2,1-2H3. The summed E-state index contributed by atoms with van der Waals surface area (Å²) in [5, 5.41) is 11.2. The number of hydrogen-bond donors (Lipinski definition) is 1. The van der Waals surface area contributed by atoms with Crippen LogP contribution in [0.4, 0.5) is 0 Å². The summed E-state index contributed by atoms with van der Waals surface area (Å²) in [6.07, 6.45) is 7.86. The Bertz CT molecular complexity index is 115. The van der Waals surface area contributed by atoms with Gasteiger partial charge in [-0.1, -0.05) is 33.1 Å². The molecule has 0 saturated carbocycles. The van der Waals surface area contributed by atoms with Gasteiger partial charge in [-0.2, -0.15) is 5.26 Å². The van der Waals surface area contributed by atoms with Crippen LogP contribution in [-0.2, 0) is 0 Å². The summed E-state index contributed by atoms with van der Waals surface area (Å²) in [6, 6.07) is 0.421. The quantitative estimate of drug-likeness (QED) is 0.471. The zero-order valence-corrected chi connectivity index (χ0v) is 7.56. The molecule has 1 N–H and O–H groups in total. The van der Waals surface area contributed by atoms with Crippen molar-refractivity contribution in [3.8, 4) is 6.19 Å². The van der Waals surface area contributed by atoms with Gasteiger partial charge in [-0.25, -0.2) is 0 Å². The van der Waals surface area contributed by atoms with Crippen LogP contribution in [0.5, 0.6) is 0 Å². The first-order valence-corrected chi connectivity index (χ1v) is 4.49. The molecule has 0 amide bonds. The molecule has 0 rings (SSSR count). The van der Waals surface area contributed by atoms with Crippen molar-refractivity contribution in [1.82, 2.24) is 5.32 Å². The number of nitrogens with zero attached hydrogens (tertiary/aromatic N) is 1. The summed E-state index contributed by atoms with van der Waals surface area (Å²) in [7, 11) is 0. The van der Waals surface area contributed by atoms with E-state index >= 15 is 0 Å². The Labute approximate surface area is 69.6 Å². The van der Waals surface area contributed by atoms with Crippen LogP contribution in [0.3, 0.4) is 0 Å². The van der Waals surface area contributed by atoms with E-state index < -0.39 is 0 Å². The molecule has 0 aromatic carbocycles.